The molecule has 0 saturated carbocycles. The molecule has 1 rings (SSSR count). The topological polar surface area (TPSA) is 24.8 Å². The standard InChI is InChI=1S/C28H39F5N2O/c1-8-13-25(36-7)34-27-23(20(5)35(6)21(10-3)16-15-19(4)9-2)18-24(28(31,32)33)22(26(27)30)14-11-12-17-29/h11-14,17-19,21H,8-10,15-16H2,1-7H3/b14-11+,17-12+,23-20+,25-13-,34-27+. The summed E-state index contributed by atoms with van der Waals surface area (Å²) in [6, 6.07) is 0.0617. The van der Waals surface area contributed by atoms with Crippen LogP contribution in [0.5, 0.6) is 0 Å². The van der Waals surface area contributed by atoms with Gasteiger partial charge < -0.3 is 9.64 Å². The Morgan fingerprint density at radius 3 is 2.31 bits per heavy atom. The number of alkyl halides is 3. The predicted molar refractivity (Wildman–Crippen MR) is 138 cm³/mol. The van der Waals surface area contributed by atoms with Crippen LogP contribution in [0.1, 0.15) is 66.7 Å². The van der Waals surface area contributed by atoms with Crippen molar-refractivity contribution in [2.75, 3.05) is 14.2 Å². The number of halogens is 5. The molecule has 0 spiro atoms. The molecule has 0 heterocycles. The molecule has 1 aliphatic carbocycles. The van der Waals surface area contributed by atoms with Crippen LogP contribution in [-0.4, -0.2) is 37.0 Å². The highest BCUT2D eigenvalue weighted by Gasteiger charge is 2.41. The third-order valence-corrected chi connectivity index (χ3v) is 6.47. The van der Waals surface area contributed by atoms with E-state index in [1.807, 2.05) is 25.8 Å². The number of hydrogen-bond acceptors (Lipinski definition) is 3. The highest BCUT2D eigenvalue weighted by molar-refractivity contribution is 6.16. The Morgan fingerprint density at radius 2 is 1.81 bits per heavy atom. The zero-order valence-corrected chi connectivity index (χ0v) is 22.3. The van der Waals surface area contributed by atoms with Crippen molar-refractivity contribution in [2.45, 2.75) is 78.9 Å². The Bertz CT molecular complexity index is 951. The molecule has 36 heavy (non-hydrogen) atoms. The van der Waals surface area contributed by atoms with Gasteiger partial charge in [-0.05, 0) is 56.8 Å². The number of nitrogens with zero attached hydrogens (tertiary/aromatic N) is 2. The number of ether oxygens (including phenoxy) is 1. The third-order valence-electron chi connectivity index (χ3n) is 6.47. The van der Waals surface area contributed by atoms with Gasteiger partial charge in [-0.1, -0.05) is 46.3 Å². The summed E-state index contributed by atoms with van der Waals surface area (Å²) >= 11 is 0. The SMILES string of the molecule is CC/C=C(/N=C1C(F)=C(/C=C/C=C/F)C(C(F)(F)F)=CC/1=C(/C)N(C)C(CC)CCC(C)CC)OC. The van der Waals surface area contributed by atoms with E-state index < -0.39 is 23.1 Å². The van der Waals surface area contributed by atoms with Gasteiger partial charge in [0.25, 0.3) is 0 Å². The molecule has 0 aromatic heterocycles. The molecule has 2 atom stereocenters. The number of methoxy groups -OCH3 is 1. The molecular formula is C28H39F5N2O. The molecule has 0 aliphatic heterocycles. The summed E-state index contributed by atoms with van der Waals surface area (Å²) in [5.74, 6) is -0.529. The van der Waals surface area contributed by atoms with Gasteiger partial charge >= 0.3 is 6.18 Å². The number of aliphatic imine (C=N–C) groups is 1. The second-order valence-electron chi connectivity index (χ2n) is 8.84. The molecular weight excluding hydrogens is 475 g/mol. The van der Waals surface area contributed by atoms with Crippen molar-refractivity contribution in [3.05, 3.63) is 70.8 Å². The van der Waals surface area contributed by atoms with Gasteiger partial charge in [0, 0.05) is 29.9 Å². The molecule has 8 heteroatoms. The van der Waals surface area contributed by atoms with Crippen LogP contribution < -0.4 is 0 Å². The third kappa shape index (κ3) is 8.49. The van der Waals surface area contributed by atoms with E-state index in [1.165, 1.54) is 7.11 Å². The van der Waals surface area contributed by atoms with Crippen LogP contribution in [0.25, 0.3) is 0 Å². The number of allylic oxidation sites excluding steroid dienone is 10. The molecule has 0 radical (unpaired) electrons. The average Bonchev–Trinajstić information content (AvgIpc) is 2.84. The lowest BCUT2D eigenvalue weighted by Gasteiger charge is -2.33. The van der Waals surface area contributed by atoms with Crippen LogP contribution in [-0.2, 0) is 4.74 Å². The minimum Gasteiger partial charge on any atom is -0.481 e. The van der Waals surface area contributed by atoms with Crippen LogP contribution in [0.3, 0.4) is 0 Å². The first-order valence-corrected chi connectivity index (χ1v) is 12.4. The Labute approximate surface area is 212 Å². The molecule has 0 saturated heterocycles. The number of rotatable bonds is 12. The van der Waals surface area contributed by atoms with Gasteiger partial charge in [-0.3, -0.25) is 0 Å². The molecule has 0 amide bonds. The van der Waals surface area contributed by atoms with Crippen LogP contribution in [0.2, 0.25) is 0 Å². The van der Waals surface area contributed by atoms with Gasteiger partial charge in [-0.2, -0.15) is 13.2 Å². The molecule has 0 N–H and O–H groups in total. The fourth-order valence-electron chi connectivity index (χ4n) is 3.91. The average molecular weight is 515 g/mol. The summed E-state index contributed by atoms with van der Waals surface area (Å²) in [5, 5.41) is 0. The smallest absolute Gasteiger partial charge is 0.417 e. The minimum absolute atomic E-state index is 0.0292. The lowest BCUT2D eigenvalue weighted by molar-refractivity contribution is -0.0892. The largest absolute Gasteiger partial charge is 0.481 e. The fraction of sp³-hybridized carbons (Fsp3) is 0.536. The summed E-state index contributed by atoms with van der Waals surface area (Å²) in [6.07, 6.45) is 4.85. The van der Waals surface area contributed by atoms with Crippen molar-refractivity contribution < 1.29 is 26.7 Å². The first-order valence-electron chi connectivity index (χ1n) is 12.4. The van der Waals surface area contributed by atoms with Crippen LogP contribution >= 0.6 is 0 Å². The summed E-state index contributed by atoms with van der Waals surface area (Å²) in [4.78, 5) is 6.19. The maximum Gasteiger partial charge on any atom is 0.417 e. The molecule has 202 valence electrons. The predicted octanol–water partition coefficient (Wildman–Crippen LogP) is 8.90. The van der Waals surface area contributed by atoms with E-state index in [2.05, 4.69) is 18.8 Å². The van der Waals surface area contributed by atoms with Crippen molar-refractivity contribution in [2.24, 2.45) is 10.9 Å². The van der Waals surface area contributed by atoms with E-state index in [0.717, 1.165) is 50.0 Å². The molecule has 0 aromatic carbocycles. The van der Waals surface area contributed by atoms with Gasteiger partial charge in [0.1, 0.15) is 5.71 Å². The maximum absolute atomic E-state index is 15.8. The second kappa shape index (κ2) is 14.8. The molecule has 0 bridgehead atoms. The first kappa shape index (κ1) is 31.4. The van der Waals surface area contributed by atoms with Crippen molar-refractivity contribution in [1.29, 1.82) is 0 Å². The monoisotopic (exact) mass is 514 g/mol. The summed E-state index contributed by atoms with van der Waals surface area (Å²) < 4.78 is 75.6. The zero-order chi connectivity index (χ0) is 27.5. The molecule has 0 aromatic rings. The highest BCUT2D eigenvalue weighted by atomic mass is 19.4. The van der Waals surface area contributed by atoms with Gasteiger partial charge in [0.2, 0.25) is 5.88 Å². The molecule has 2 unspecified atom stereocenters. The van der Waals surface area contributed by atoms with Gasteiger partial charge in [0.05, 0.1) is 19.0 Å². The lowest BCUT2D eigenvalue weighted by Crippen LogP contribution is -2.32. The van der Waals surface area contributed by atoms with Gasteiger partial charge in [-0.25, -0.2) is 13.8 Å². The minimum atomic E-state index is -4.84. The molecule has 1 aliphatic rings. The van der Waals surface area contributed by atoms with E-state index in [-0.39, 0.29) is 29.5 Å². The van der Waals surface area contributed by atoms with Crippen LogP contribution in [0.15, 0.2) is 75.8 Å². The normalized spacial score (nSPS) is 19.8. The zero-order valence-electron chi connectivity index (χ0n) is 22.3. The Balaban J connectivity index is 3.84. The number of hydrogen-bond donors (Lipinski definition) is 0. The Kier molecular flexibility index (Phi) is 12.9. The first-order chi connectivity index (χ1) is 17.0. The van der Waals surface area contributed by atoms with Crippen LogP contribution in [0, 0.1) is 5.92 Å². The lowest BCUT2D eigenvalue weighted by atomic mass is 9.89. The van der Waals surface area contributed by atoms with Crippen molar-refractivity contribution in [3.63, 3.8) is 0 Å². The highest BCUT2D eigenvalue weighted by Crippen LogP contribution is 2.40. The van der Waals surface area contributed by atoms with Crippen molar-refractivity contribution in [1.82, 2.24) is 4.90 Å². The quantitative estimate of drug-likeness (QED) is 0.148. The van der Waals surface area contributed by atoms with Crippen LogP contribution in [0.4, 0.5) is 22.0 Å². The fourth-order valence-corrected chi connectivity index (χ4v) is 3.91. The maximum atomic E-state index is 15.8. The van der Waals surface area contributed by atoms with E-state index in [4.69, 9.17) is 4.74 Å². The summed E-state index contributed by atoms with van der Waals surface area (Å²) in [6.45, 7) is 9.83. The Hall–Kier alpha value is -2.64. The van der Waals surface area contributed by atoms with E-state index in [0.29, 0.717) is 18.0 Å². The van der Waals surface area contributed by atoms with Crippen molar-refractivity contribution >= 4 is 5.71 Å². The van der Waals surface area contributed by atoms with E-state index in [1.54, 1.807) is 13.0 Å². The van der Waals surface area contributed by atoms with Gasteiger partial charge in [-0.15, -0.1) is 0 Å². The molecule has 0 fully saturated rings. The Morgan fingerprint density at radius 1 is 1.14 bits per heavy atom. The summed E-state index contributed by atoms with van der Waals surface area (Å²) in [7, 11) is 3.18. The van der Waals surface area contributed by atoms with Crippen molar-refractivity contribution in [3.8, 4) is 0 Å². The second-order valence-corrected chi connectivity index (χ2v) is 8.84. The van der Waals surface area contributed by atoms with E-state index in [9.17, 15) is 17.6 Å². The molecule has 3 nitrogen and oxygen atoms in total. The summed E-state index contributed by atoms with van der Waals surface area (Å²) in [5.41, 5.74) is -1.62. The van der Waals surface area contributed by atoms with E-state index >= 15 is 4.39 Å². The van der Waals surface area contributed by atoms with Gasteiger partial charge in [0.15, 0.2) is 5.83 Å².